The molecule has 2 aromatic heterocycles. The number of alkyl halides is 3. The number of rotatable bonds is 3. The summed E-state index contributed by atoms with van der Waals surface area (Å²) in [6.45, 7) is 1.10. The summed E-state index contributed by atoms with van der Waals surface area (Å²) in [5, 5.41) is 2.95. The smallest absolute Gasteiger partial charge is 0.354 e. The fourth-order valence-electron chi connectivity index (χ4n) is 3.02. The molecule has 1 unspecified atom stereocenters. The van der Waals surface area contributed by atoms with Crippen molar-refractivity contribution < 1.29 is 18.0 Å². The van der Waals surface area contributed by atoms with Crippen molar-refractivity contribution in [3.05, 3.63) is 47.7 Å². The summed E-state index contributed by atoms with van der Waals surface area (Å²) in [4.78, 5) is 18.2. The van der Waals surface area contributed by atoms with Crippen LogP contribution < -0.4 is 10.2 Å². The van der Waals surface area contributed by atoms with E-state index in [1.54, 1.807) is 18.2 Å². The van der Waals surface area contributed by atoms with Gasteiger partial charge in [-0.25, -0.2) is 4.98 Å². The lowest BCUT2D eigenvalue weighted by Gasteiger charge is -2.18. The highest BCUT2D eigenvalue weighted by Crippen LogP contribution is 2.30. The number of fused-ring (bicyclic) bond motifs is 1. The van der Waals surface area contributed by atoms with Gasteiger partial charge in [-0.05, 0) is 36.8 Å². The first-order valence-corrected chi connectivity index (χ1v) is 8.94. The molecule has 1 amide bonds. The number of carbonyl (C=O) groups is 1. The van der Waals surface area contributed by atoms with E-state index < -0.39 is 11.7 Å². The van der Waals surface area contributed by atoms with Crippen LogP contribution in [0.4, 0.5) is 19.0 Å². The van der Waals surface area contributed by atoms with Crippen LogP contribution in [0.2, 0.25) is 0 Å². The molecule has 3 heterocycles. The van der Waals surface area contributed by atoms with Gasteiger partial charge >= 0.3 is 6.18 Å². The van der Waals surface area contributed by atoms with Crippen LogP contribution >= 0.6 is 11.7 Å². The van der Waals surface area contributed by atoms with Gasteiger partial charge in [-0.15, -0.1) is 0 Å². The molecule has 140 valence electrons. The summed E-state index contributed by atoms with van der Waals surface area (Å²) >= 11 is 1.09. The maximum Gasteiger partial charge on any atom is 0.417 e. The molecule has 0 bridgehead atoms. The first-order chi connectivity index (χ1) is 12.9. The zero-order valence-corrected chi connectivity index (χ0v) is 14.7. The van der Waals surface area contributed by atoms with E-state index in [9.17, 15) is 18.0 Å². The number of nitrogens with one attached hydrogen (secondary N) is 1. The van der Waals surface area contributed by atoms with Crippen LogP contribution in [-0.2, 0) is 6.18 Å². The zero-order valence-electron chi connectivity index (χ0n) is 13.9. The molecule has 1 saturated heterocycles. The quantitative estimate of drug-likeness (QED) is 0.740. The lowest BCUT2D eigenvalue weighted by atomic mass is 10.1. The minimum Gasteiger partial charge on any atom is -0.354 e. The van der Waals surface area contributed by atoms with Crippen LogP contribution in [0.25, 0.3) is 11.0 Å². The van der Waals surface area contributed by atoms with E-state index in [2.05, 4.69) is 19.0 Å². The Morgan fingerprint density at radius 3 is 2.74 bits per heavy atom. The monoisotopic (exact) mass is 393 g/mol. The lowest BCUT2D eigenvalue weighted by Crippen LogP contribution is -2.37. The molecule has 1 atom stereocenters. The van der Waals surface area contributed by atoms with Gasteiger partial charge in [0.05, 0.1) is 17.3 Å². The normalized spacial score (nSPS) is 17.4. The highest BCUT2D eigenvalue weighted by Gasteiger charge is 2.31. The molecule has 4 rings (SSSR count). The summed E-state index contributed by atoms with van der Waals surface area (Å²) in [5.74, 6) is 0.256. The summed E-state index contributed by atoms with van der Waals surface area (Å²) in [7, 11) is 0. The molecule has 1 aromatic carbocycles. The van der Waals surface area contributed by atoms with Gasteiger partial charge in [-0.3, -0.25) is 4.79 Å². The van der Waals surface area contributed by atoms with Gasteiger partial charge in [0.15, 0.2) is 0 Å². The van der Waals surface area contributed by atoms with E-state index in [0.29, 0.717) is 36.4 Å². The standard InChI is InChI=1S/C17H14F3N5OS/c18-17(19,20)11-2-4-15(21-8-11)25-6-5-12(9-25)22-16(26)10-1-3-13-14(7-10)24-27-23-13/h1-4,7-8,12H,5-6,9H2,(H,22,26). The third-order valence-electron chi connectivity index (χ3n) is 4.44. The molecule has 0 saturated carbocycles. The molecule has 3 aromatic rings. The van der Waals surface area contributed by atoms with Gasteiger partial charge in [0.2, 0.25) is 0 Å². The van der Waals surface area contributed by atoms with Crippen molar-refractivity contribution in [2.24, 2.45) is 0 Å². The van der Waals surface area contributed by atoms with E-state index in [-0.39, 0.29) is 11.9 Å². The van der Waals surface area contributed by atoms with Gasteiger partial charge in [-0.1, -0.05) is 0 Å². The van der Waals surface area contributed by atoms with Crippen molar-refractivity contribution in [1.29, 1.82) is 0 Å². The number of halogens is 3. The Morgan fingerprint density at radius 1 is 1.19 bits per heavy atom. The van der Waals surface area contributed by atoms with E-state index in [4.69, 9.17) is 0 Å². The van der Waals surface area contributed by atoms with Gasteiger partial charge < -0.3 is 10.2 Å². The van der Waals surface area contributed by atoms with Gasteiger partial charge in [-0.2, -0.15) is 21.9 Å². The van der Waals surface area contributed by atoms with Gasteiger partial charge in [0.1, 0.15) is 16.9 Å². The predicted octanol–water partition coefficient (Wildman–Crippen LogP) is 3.11. The largest absolute Gasteiger partial charge is 0.417 e. The lowest BCUT2D eigenvalue weighted by molar-refractivity contribution is -0.137. The molecule has 0 radical (unpaired) electrons. The second-order valence-corrected chi connectivity index (χ2v) is 6.80. The maximum atomic E-state index is 12.6. The first kappa shape index (κ1) is 17.7. The van der Waals surface area contributed by atoms with E-state index in [0.717, 1.165) is 29.5 Å². The highest BCUT2D eigenvalue weighted by atomic mass is 32.1. The molecule has 1 N–H and O–H groups in total. The number of hydrogen-bond acceptors (Lipinski definition) is 6. The highest BCUT2D eigenvalue weighted by molar-refractivity contribution is 7.00. The molecular formula is C17H14F3N5OS. The molecule has 1 aliphatic heterocycles. The van der Waals surface area contributed by atoms with E-state index in [1.165, 1.54) is 6.07 Å². The SMILES string of the molecule is O=C(NC1CCN(c2ccc(C(F)(F)F)cn2)C1)c1ccc2nsnc2c1. The fraction of sp³-hybridized carbons (Fsp3) is 0.294. The summed E-state index contributed by atoms with van der Waals surface area (Å²) in [5.41, 5.74) is 1.15. The Hall–Kier alpha value is -2.75. The average Bonchev–Trinajstić information content (AvgIpc) is 3.29. The first-order valence-electron chi connectivity index (χ1n) is 8.21. The molecule has 10 heteroatoms. The van der Waals surface area contributed by atoms with Crippen molar-refractivity contribution in [2.45, 2.75) is 18.6 Å². The minimum absolute atomic E-state index is 0.106. The number of amides is 1. The second-order valence-electron chi connectivity index (χ2n) is 6.28. The van der Waals surface area contributed by atoms with Crippen molar-refractivity contribution in [3.8, 4) is 0 Å². The van der Waals surface area contributed by atoms with Crippen LogP contribution in [0.5, 0.6) is 0 Å². The predicted molar refractivity (Wildman–Crippen MR) is 94.7 cm³/mol. The average molecular weight is 393 g/mol. The maximum absolute atomic E-state index is 12.6. The third-order valence-corrected chi connectivity index (χ3v) is 5.00. The molecule has 0 spiro atoms. The van der Waals surface area contributed by atoms with E-state index in [1.807, 2.05) is 4.90 Å². The summed E-state index contributed by atoms with van der Waals surface area (Å²) in [6, 6.07) is 7.41. The summed E-state index contributed by atoms with van der Waals surface area (Å²) in [6.07, 6.45) is -2.88. The minimum atomic E-state index is -4.40. The molecule has 0 aliphatic carbocycles. The number of pyridine rings is 1. The Kier molecular flexibility index (Phi) is 4.42. The number of benzene rings is 1. The Balaban J connectivity index is 1.39. The van der Waals surface area contributed by atoms with Crippen LogP contribution in [0.15, 0.2) is 36.5 Å². The van der Waals surface area contributed by atoms with E-state index >= 15 is 0 Å². The van der Waals surface area contributed by atoms with Crippen molar-refractivity contribution in [1.82, 2.24) is 19.0 Å². The molecule has 27 heavy (non-hydrogen) atoms. The zero-order chi connectivity index (χ0) is 19.0. The van der Waals surface area contributed by atoms with Crippen molar-refractivity contribution in [3.63, 3.8) is 0 Å². The third kappa shape index (κ3) is 3.70. The molecular weight excluding hydrogens is 379 g/mol. The summed E-state index contributed by atoms with van der Waals surface area (Å²) < 4.78 is 46.1. The number of nitrogens with zero attached hydrogens (tertiary/aromatic N) is 4. The van der Waals surface area contributed by atoms with Gasteiger partial charge in [0.25, 0.3) is 5.91 Å². The fourth-order valence-corrected chi connectivity index (χ4v) is 3.54. The Bertz CT molecular complexity index is 973. The second kappa shape index (κ2) is 6.76. The molecule has 1 fully saturated rings. The Morgan fingerprint density at radius 2 is 2.00 bits per heavy atom. The Labute approximate surface area is 156 Å². The van der Waals surface area contributed by atoms with Crippen LogP contribution in [0.3, 0.4) is 0 Å². The topological polar surface area (TPSA) is 71.0 Å². The van der Waals surface area contributed by atoms with Crippen molar-refractivity contribution in [2.75, 3.05) is 18.0 Å². The molecule has 1 aliphatic rings. The molecule has 6 nitrogen and oxygen atoms in total. The van der Waals surface area contributed by atoms with Crippen LogP contribution in [0.1, 0.15) is 22.3 Å². The number of hydrogen-bond donors (Lipinski definition) is 1. The van der Waals surface area contributed by atoms with Gasteiger partial charge in [0, 0.05) is 30.9 Å². The number of anilines is 1. The van der Waals surface area contributed by atoms with Crippen LogP contribution in [0, 0.1) is 0 Å². The number of carbonyl (C=O) groups excluding carboxylic acids is 1. The van der Waals surface area contributed by atoms with Crippen molar-refractivity contribution >= 4 is 34.5 Å². The number of aromatic nitrogens is 3. The van der Waals surface area contributed by atoms with Crippen LogP contribution in [-0.4, -0.2) is 38.8 Å².